The Balaban J connectivity index is 6.65. The summed E-state index contributed by atoms with van der Waals surface area (Å²) in [4.78, 5) is 194. The Morgan fingerprint density at radius 2 is 0.989 bits per heavy atom. The molecule has 0 saturated carbocycles. The average Bonchev–Trinajstić information content (AvgIpc) is 3.39. The summed E-state index contributed by atoms with van der Waals surface area (Å²) in [5, 5.41) is 42.4. The summed E-state index contributed by atoms with van der Waals surface area (Å²) in [7, 11) is 0. The molecule has 87 heavy (non-hydrogen) atoms. The van der Waals surface area contributed by atoms with Crippen molar-refractivity contribution < 1.29 is 82.1 Å². The third kappa shape index (κ3) is 28.9. The lowest BCUT2D eigenvalue weighted by molar-refractivity contribution is -0.142. The molecule has 0 heterocycles. The number of carbonyl (C=O) groups excluding carboxylic acids is 14. The van der Waals surface area contributed by atoms with Gasteiger partial charge in [0.1, 0.15) is 48.1 Å². The Kier molecular flexibility index (Phi) is 34.8. The van der Waals surface area contributed by atoms with E-state index in [4.69, 9.17) is 22.9 Å². The van der Waals surface area contributed by atoms with Gasteiger partial charge in [-0.25, -0.2) is 0 Å². The zero-order chi connectivity index (χ0) is 67.3. The van der Waals surface area contributed by atoms with Crippen molar-refractivity contribution in [3.05, 3.63) is 12.2 Å². The maximum Gasteiger partial charge on any atom is 0.305 e. The van der Waals surface area contributed by atoms with Crippen LogP contribution in [-0.4, -0.2) is 165 Å². The van der Waals surface area contributed by atoms with Crippen molar-refractivity contribution in [2.45, 2.75) is 232 Å². The molecular weight excluding hydrogens is 1140 g/mol. The van der Waals surface area contributed by atoms with E-state index in [9.17, 15) is 82.1 Å². The molecule has 0 aliphatic heterocycles. The predicted molar refractivity (Wildman–Crippen MR) is 317 cm³/mol. The van der Waals surface area contributed by atoms with Gasteiger partial charge in [0.2, 0.25) is 70.9 Å². The predicted octanol–water partition coefficient (Wildman–Crippen LogP) is -2.58. The van der Waals surface area contributed by atoms with Gasteiger partial charge >= 0.3 is 5.97 Å². The van der Waals surface area contributed by atoms with Gasteiger partial charge in [-0.05, 0) is 84.0 Å². The summed E-state index contributed by atoms with van der Waals surface area (Å²) in [5.41, 5.74) is 18.5. The number of aldehydes is 1. The zero-order valence-electron chi connectivity index (χ0n) is 52.3. The van der Waals surface area contributed by atoms with E-state index in [1.54, 1.807) is 67.5 Å². The molecule has 30 nitrogen and oxygen atoms in total. The fourth-order valence-corrected chi connectivity index (χ4v) is 8.51. The average molecular weight is 1240 g/mol. The molecule has 30 heteroatoms. The molecular formula is C57H97N13O17. The Morgan fingerprint density at radius 3 is 1.46 bits per heavy atom. The number of nitrogens with one attached hydrogen (secondary N) is 9. The second-order valence-electron chi connectivity index (χ2n) is 23.2. The minimum atomic E-state index is -1.96. The highest BCUT2D eigenvalue weighted by Crippen LogP contribution is 2.20. The van der Waals surface area contributed by atoms with Gasteiger partial charge in [0, 0.05) is 18.8 Å². The number of nitrogens with two attached hydrogens (primary N) is 4. The molecule has 0 spiro atoms. The number of carboxylic acids is 1. The lowest BCUT2D eigenvalue weighted by Crippen LogP contribution is -2.65. The lowest BCUT2D eigenvalue weighted by atomic mass is 9.91. The molecule has 0 aromatic rings. The molecule has 0 rings (SSSR count). The van der Waals surface area contributed by atoms with Gasteiger partial charge in [0.05, 0.1) is 43.0 Å². The molecule has 492 valence electrons. The quantitative estimate of drug-likeness (QED) is 0.0169. The van der Waals surface area contributed by atoms with E-state index < -0.39 is 185 Å². The first kappa shape index (κ1) is 79.1. The van der Waals surface area contributed by atoms with Crippen LogP contribution in [0.3, 0.4) is 0 Å². The first-order valence-corrected chi connectivity index (χ1v) is 29.2. The van der Waals surface area contributed by atoms with Crippen LogP contribution in [0.4, 0.5) is 0 Å². The Hall–Kier alpha value is -7.89. The van der Waals surface area contributed by atoms with E-state index in [-0.39, 0.29) is 50.9 Å². The van der Waals surface area contributed by atoms with Crippen LogP contribution in [0, 0.1) is 23.7 Å². The number of aliphatic carboxylic acids is 1. The Bertz CT molecular complexity index is 2470. The second kappa shape index (κ2) is 38.3. The van der Waals surface area contributed by atoms with Crippen LogP contribution < -0.4 is 70.8 Å². The lowest BCUT2D eigenvalue weighted by Gasteiger charge is -2.34. The summed E-state index contributed by atoms with van der Waals surface area (Å²) in [6.07, 6.45) is 1.10. The summed E-state index contributed by atoms with van der Waals surface area (Å²) < 4.78 is 0. The number of carbonyl (C=O) groups is 15. The largest absolute Gasteiger partial charge is 0.481 e. The number of Topliss-reactive ketones (excluding diaryl/α,β-unsaturated/α-hetero) is 1. The number of carboxylic acid groups (broad SMARTS) is 1. The molecule has 0 radical (unpaired) electrons. The zero-order valence-corrected chi connectivity index (χ0v) is 52.3. The molecule has 0 aliphatic carbocycles. The minimum Gasteiger partial charge on any atom is -0.481 e. The van der Waals surface area contributed by atoms with Crippen LogP contribution in [0.25, 0.3) is 0 Å². The summed E-state index contributed by atoms with van der Waals surface area (Å²) in [6.45, 7) is 18.3. The topological polar surface area (TPSA) is 509 Å². The second-order valence-corrected chi connectivity index (χ2v) is 23.2. The highest BCUT2D eigenvalue weighted by atomic mass is 16.4. The Morgan fingerprint density at radius 1 is 0.517 bits per heavy atom. The van der Waals surface area contributed by atoms with Crippen molar-refractivity contribution in [2.24, 2.45) is 46.6 Å². The van der Waals surface area contributed by atoms with E-state index in [2.05, 4.69) is 47.9 Å². The standard InChI is InChI=1S/C57H97N13O17/c1-13-31(7)43(61)51(83)67-46(34(10)72)54(86)64-36(26-40(60)75)50(82)70-57(12,55(87)68-44(29(3)4)52(84)63-35(25-39(59)74)47(79)30(5)6)24-20-18-16-15-17-19-23-56(11,28-71)69-49(81)37(27-42(77)78)65-53(85)45(32(8)14-2)66-48(80)33(9)62-41(76)22-21-38(58)73/h15-16,28-37,43-46,72H,13-14,17-27,61H2,1-12H3,(H2,58,73)(H2,59,74)(H2,60,75)(H,62,76)(H,63,84)(H,64,86)(H,65,85)(H,66,80)(H,67,83)(H,68,87)(H,69,81)(H,70,82)(H,77,78)/b16-15-/t31-,32-,33-,34+,35-,36-,37-,43-,44-,45-,46-,56-,57-/m0/s1. The first-order chi connectivity index (χ1) is 40.3. The van der Waals surface area contributed by atoms with Crippen LogP contribution in [0.1, 0.15) is 167 Å². The molecule has 0 bridgehead atoms. The SMILES string of the molecule is CC[C@H](C)[C@H](N)C(=O)N[C@H](C(=O)N[C@@H](CC(N)=O)C(=O)N[C@@](C)(CCC/C=C\CCC[C@@](C)(C=O)NC(=O)[C@H](CC(=O)O)NC(=O)[C@@H](NC(=O)[C@H](C)NC(=O)CCC(N)=O)[C@@H](C)CC)C(=O)N[C@H](C(=O)N[C@@H](CC(N)=O)C(=O)C(C)C)C(C)C)[C@@H](C)O. The number of unbranched alkanes of at least 4 members (excludes halogenated alkanes) is 2. The highest BCUT2D eigenvalue weighted by molar-refractivity contribution is 6.01. The number of aliphatic hydroxyl groups excluding tert-OH is 1. The smallest absolute Gasteiger partial charge is 0.305 e. The van der Waals surface area contributed by atoms with Gasteiger partial charge in [-0.2, -0.15) is 0 Å². The first-order valence-electron chi connectivity index (χ1n) is 29.2. The number of aliphatic hydroxyl groups is 1. The van der Waals surface area contributed by atoms with Crippen molar-refractivity contribution in [1.82, 2.24) is 47.9 Å². The minimum absolute atomic E-state index is 0.0115. The van der Waals surface area contributed by atoms with E-state index in [1.807, 2.05) is 0 Å². The van der Waals surface area contributed by atoms with Gasteiger partial charge in [0.15, 0.2) is 5.78 Å². The number of hydrogen-bond donors (Lipinski definition) is 15. The van der Waals surface area contributed by atoms with Crippen LogP contribution in [0.2, 0.25) is 0 Å². The summed E-state index contributed by atoms with van der Waals surface area (Å²) >= 11 is 0. The molecule has 0 aromatic carbocycles. The van der Waals surface area contributed by atoms with Crippen molar-refractivity contribution in [1.29, 1.82) is 0 Å². The van der Waals surface area contributed by atoms with Gasteiger partial charge in [-0.3, -0.25) is 67.1 Å². The maximum atomic E-state index is 14.5. The van der Waals surface area contributed by atoms with Crippen molar-refractivity contribution in [2.75, 3.05) is 0 Å². The molecule has 0 fully saturated rings. The molecule has 0 saturated heterocycles. The molecule has 0 aromatic heterocycles. The number of rotatable bonds is 43. The van der Waals surface area contributed by atoms with E-state index in [0.717, 1.165) is 0 Å². The van der Waals surface area contributed by atoms with Gasteiger partial charge in [0.25, 0.3) is 0 Å². The monoisotopic (exact) mass is 1240 g/mol. The van der Waals surface area contributed by atoms with Crippen LogP contribution in [-0.2, 0) is 71.9 Å². The third-order valence-electron chi connectivity index (χ3n) is 14.6. The van der Waals surface area contributed by atoms with E-state index in [0.29, 0.717) is 25.5 Å². The van der Waals surface area contributed by atoms with Crippen LogP contribution >= 0.6 is 0 Å². The number of hydrogen-bond acceptors (Lipinski definition) is 17. The van der Waals surface area contributed by atoms with Gasteiger partial charge in [-0.1, -0.05) is 80.4 Å². The molecule has 0 unspecified atom stereocenters. The molecule has 19 N–H and O–H groups in total. The summed E-state index contributed by atoms with van der Waals surface area (Å²) in [6, 6.07) is -11.5. The Labute approximate surface area is 508 Å². The molecule has 13 atom stereocenters. The summed E-state index contributed by atoms with van der Waals surface area (Å²) in [5.74, 6) is -15.1. The van der Waals surface area contributed by atoms with Crippen molar-refractivity contribution >= 4 is 88.9 Å². The normalized spacial score (nSPS) is 16.6. The van der Waals surface area contributed by atoms with E-state index in [1.165, 1.54) is 27.7 Å². The van der Waals surface area contributed by atoms with Gasteiger partial charge < -0.3 is 85.8 Å². The number of primary amides is 3. The number of ketones is 1. The molecule has 0 aliphatic rings. The van der Waals surface area contributed by atoms with Crippen LogP contribution in [0.15, 0.2) is 12.2 Å². The number of allylic oxidation sites excluding steroid dienone is 2. The molecule has 12 amide bonds. The van der Waals surface area contributed by atoms with Crippen molar-refractivity contribution in [3.8, 4) is 0 Å². The third-order valence-corrected chi connectivity index (χ3v) is 14.6. The fourth-order valence-electron chi connectivity index (χ4n) is 8.51. The maximum absolute atomic E-state index is 14.5. The van der Waals surface area contributed by atoms with Gasteiger partial charge in [-0.15, -0.1) is 0 Å². The number of amides is 12. The highest BCUT2D eigenvalue weighted by Gasteiger charge is 2.42. The van der Waals surface area contributed by atoms with E-state index >= 15 is 0 Å². The fraction of sp³-hybridized carbons (Fsp3) is 0.702. The van der Waals surface area contributed by atoms with Crippen molar-refractivity contribution in [3.63, 3.8) is 0 Å². The van der Waals surface area contributed by atoms with Crippen LogP contribution in [0.5, 0.6) is 0 Å².